The van der Waals surface area contributed by atoms with E-state index in [0.717, 1.165) is 12.0 Å². The first-order chi connectivity index (χ1) is 8.58. The molecule has 0 aliphatic heterocycles. The normalized spacial score (nSPS) is 26.5. The summed E-state index contributed by atoms with van der Waals surface area (Å²) in [5.74, 6) is 0.929. The predicted molar refractivity (Wildman–Crippen MR) is 81.0 cm³/mol. The van der Waals surface area contributed by atoms with E-state index in [9.17, 15) is 0 Å². The lowest BCUT2D eigenvalue weighted by Gasteiger charge is -2.30. The average molecular weight is 254 g/mol. The van der Waals surface area contributed by atoms with Gasteiger partial charge in [-0.3, -0.25) is 0 Å². The van der Waals surface area contributed by atoms with Crippen LogP contribution in [-0.2, 0) is 0 Å². The molecule has 0 aromatic rings. The number of hydrogen-bond acceptors (Lipinski definition) is 2. The fourth-order valence-corrected chi connectivity index (χ4v) is 3.04. The molecule has 0 saturated heterocycles. The third kappa shape index (κ3) is 7.38. The van der Waals surface area contributed by atoms with Gasteiger partial charge < -0.3 is 10.6 Å². The van der Waals surface area contributed by atoms with Crippen LogP contribution in [0, 0.1) is 5.92 Å². The van der Waals surface area contributed by atoms with Gasteiger partial charge in [0.2, 0.25) is 0 Å². The topological polar surface area (TPSA) is 24.1 Å². The van der Waals surface area contributed by atoms with E-state index in [2.05, 4.69) is 38.3 Å². The van der Waals surface area contributed by atoms with Crippen molar-refractivity contribution in [1.29, 1.82) is 0 Å². The smallest absolute Gasteiger partial charge is 0.00720 e. The van der Waals surface area contributed by atoms with E-state index in [4.69, 9.17) is 0 Å². The molecule has 3 atom stereocenters. The van der Waals surface area contributed by atoms with Crippen LogP contribution < -0.4 is 10.6 Å². The first-order valence-corrected chi connectivity index (χ1v) is 8.07. The van der Waals surface area contributed by atoms with Crippen LogP contribution in [0.15, 0.2) is 0 Å². The van der Waals surface area contributed by atoms with Crippen LogP contribution in [0.1, 0.15) is 72.6 Å². The fraction of sp³-hybridized carbons (Fsp3) is 1.00. The predicted octanol–water partition coefficient (Wildman–Crippen LogP) is 3.71. The summed E-state index contributed by atoms with van der Waals surface area (Å²) in [5, 5.41) is 7.31. The van der Waals surface area contributed by atoms with Gasteiger partial charge in [0.25, 0.3) is 0 Å². The maximum absolute atomic E-state index is 3.83. The highest BCUT2D eigenvalue weighted by molar-refractivity contribution is 4.78. The summed E-state index contributed by atoms with van der Waals surface area (Å²) in [6.45, 7) is 10.4. The summed E-state index contributed by atoms with van der Waals surface area (Å²) in [5.41, 5.74) is 0. The summed E-state index contributed by atoms with van der Waals surface area (Å²) in [6, 6.07) is 2.11. The van der Waals surface area contributed by atoms with Gasteiger partial charge in [0, 0.05) is 18.1 Å². The van der Waals surface area contributed by atoms with Gasteiger partial charge in [0.05, 0.1) is 0 Å². The molecule has 2 heteroatoms. The number of hydrogen-bond donors (Lipinski definition) is 2. The van der Waals surface area contributed by atoms with Crippen molar-refractivity contribution in [2.75, 3.05) is 6.54 Å². The van der Waals surface area contributed by atoms with Crippen molar-refractivity contribution in [2.45, 2.75) is 90.8 Å². The lowest BCUT2D eigenvalue weighted by Crippen LogP contribution is -2.39. The second-order valence-electron chi connectivity index (χ2n) is 6.64. The van der Waals surface area contributed by atoms with E-state index in [1.807, 2.05) is 0 Å². The fourth-order valence-electron chi connectivity index (χ4n) is 3.04. The summed E-state index contributed by atoms with van der Waals surface area (Å²) in [7, 11) is 0. The van der Waals surface area contributed by atoms with Crippen LogP contribution in [0.3, 0.4) is 0 Å². The van der Waals surface area contributed by atoms with Gasteiger partial charge in [-0.25, -0.2) is 0 Å². The molecule has 2 N–H and O–H groups in total. The summed E-state index contributed by atoms with van der Waals surface area (Å²) in [4.78, 5) is 0. The van der Waals surface area contributed by atoms with Crippen molar-refractivity contribution < 1.29 is 0 Å². The van der Waals surface area contributed by atoms with E-state index in [0.29, 0.717) is 12.1 Å². The van der Waals surface area contributed by atoms with Gasteiger partial charge in [-0.1, -0.05) is 40.0 Å². The molecular formula is C16H34N2. The Balaban J connectivity index is 2.01. The highest BCUT2D eigenvalue weighted by Gasteiger charge is 2.19. The van der Waals surface area contributed by atoms with Gasteiger partial charge in [-0.2, -0.15) is 0 Å². The molecule has 1 aliphatic rings. The van der Waals surface area contributed by atoms with Gasteiger partial charge in [-0.15, -0.1) is 0 Å². The molecule has 0 aromatic heterocycles. The van der Waals surface area contributed by atoms with Gasteiger partial charge in [0.1, 0.15) is 0 Å². The van der Waals surface area contributed by atoms with Gasteiger partial charge in [0.15, 0.2) is 0 Å². The van der Waals surface area contributed by atoms with E-state index in [1.165, 1.54) is 51.5 Å². The molecule has 1 fully saturated rings. The zero-order chi connectivity index (χ0) is 13.4. The summed E-state index contributed by atoms with van der Waals surface area (Å²) >= 11 is 0. The van der Waals surface area contributed by atoms with Gasteiger partial charge >= 0.3 is 0 Å². The minimum Gasteiger partial charge on any atom is -0.315 e. The van der Waals surface area contributed by atoms with Crippen LogP contribution in [-0.4, -0.2) is 24.7 Å². The second kappa shape index (κ2) is 8.92. The first-order valence-electron chi connectivity index (χ1n) is 8.07. The Hall–Kier alpha value is -0.0800. The van der Waals surface area contributed by atoms with Crippen molar-refractivity contribution in [3.05, 3.63) is 0 Å². The highest BCUT2D eigenvalue weighted by atomic mass is 14.9. The molecule has 2 nitrogen and oxygen atoms in total. The molecule has 1 aliphatic carbocycles. The largest absolute Gasteiger partial charge is 0.315 e. The van der Waals surface area contributed by atoms with Gasteiger partial charge in [-0.05, 0) is 45.1 Å². The van der Waals surface area contributed by atoms with Crippen LogP contribution in [0.4, 0.5) is 0 Å². The Labute approximate surface area is 114 Å². The molecule has 108 valence electrons. The summed E-state index contributed by atoms with van der Waals surface area (Å²) in [6.07, 6.45) is 9.62. The summed E-state index contributed by atoms with van der Waals surface area (Å²) < 4.78 is 0. The molecular weight excluding hydrogens is 220 g/mol. The highest BCUT2D eigenvalue weighted by Crippen LogP contribution is 2.24. The molecule has 0 spiro atoms. The van der Waals surface area contributed by atoms with Crippen LogP contribution in [0.5, 0.6) is 0 Å². The van der Waals surface area contributed by atoms with Crippen molar-refractivity contribution in [1.82, 2.24) is 10.6 Å². The maximum Gasteiger partial charge on any atom is 0.00720 e. The van der Waals surface area contributed by atoms with E-state index in [-0.39, 0.29) is 0 Å². The number of rotatable bonds is 8. The third-order valence-electron chi connectivity index (χ3n) is 4.07. The molecule has 1 rings (SSSR count). The van der Waals surface area contributed by atoms with Crippen LogP contribution >= 0.6 is 0 Å². The van der Waals surface area contributed by atoms with Crippen molar-refractivity contribution in [3.63, 3.8) is 0 Å². The monoisotopic (exact) mass is 254 g/mol. The Kier molecular flexibility index (Phi) is 7.92. The zero-order valence-corrected chi connectivity index (χ0v) is 13.0. The molecule has 1 saturated carbocycles. The third-order valence-corrected chi connectivity index (χ3v) is 4.07. The van der Waals surface area contributed by atoms with Crippen LogP contribution in [0.2, 0.25) is 0 Å². The SMILES string of the molecule is CC1CCCC(NC(C)CCCCNC(C)C)C1. The lowest BCUT2D eigenvalue weighted by atomic mass is 9.86. The van der Waals surface area contributed by atoms with Crippen molar-refractivity contribution >= 4 is 0 Å². The molecule has 18 heavy (non-hydrogen) atoms. The van der Waals surface area contributed by atoms with Crippen LogP contribution in [0.25, 0.3) is 0 Å². The van der Waals surface area contributed by atoms with E-state index >= 15 is 0 Å². The Morgan fingerprint density at radius 1 is 1.11 bits per heavy atom. The number of unbranched alkanes of at least 4 members (excludes halogenated alkanes) is 1. The molecule has 0 heterocycles. The second-order valence-corrected chi connectivity index (χ2v) is 6.64. The number of nitrogens with one attached hydrogen (secondary N) is 2. The molecule has 3 unspecified atom stereocenters. The standard InChI is InChI=1S/C16H34N2/c1-13(2)17-11-6-5-9-15(4)18-16-10-7-8-14(3)12-16/h13-18H,5-12H2,1-4H3. The maximum atomic E-state index is 3.83. The minimum atomic E-state index is 0.629. The average Bonchev–Trinajstić information content (AvgIpc) is 2.28. The Bertz CT molecular complexity index is 203. The minimum absolute atomic E-state index is 0.629. The van der Waals surface area contributed by atoms with Crippen molar-refractivity contribution in [3.8, 4) is 0 Å². The quantitative estimate of drug-likeness (QED) is 0.645. The Morgan fingerprint density at radius 2 is 1.89 bits per heavy atom. The van der Waals surface area contributed by atoms with E-state index in [1.54, 1.807) is 0 Å². The zero-order valence-electron chi connectivity index (χ0n) is 13.0. The van der Waals surface area contributed by atoms with Crippen molar-refractivity contribution in [2.24, 2.45) is 5.92 Å². The first kappa shape index (κ1) is 16.0. The molecule has 0 amide bonds. The Morgan fingerprint density at radius 3 is 2.56 bits per heavy atom. The lowest BCUT2D eigenvalue weighted by molar-refractivity contribution is 0.278. The van der Waals surface area contributed by atoms with E-state index < -0.39 is 0 Å². The molecule has 0 aromatic carbocycles. The molecule has 0 radical (unpaired) electrons. The molecule has 0 bridgehead atoms.